The number of anilines is 2. The SMILES string of the molecule is CC(C)(C)OC(=O)N1CCN(c2ncnc3cc(N4CCOCC4)sc23)CC1. The highest BCUT2D eigenvalue weighted by atomic mass is 32.1. The van der Waals surface area contributed by atoms with Crippen LogP contribution in [0.4, 0.5) is 15.6 Å². The van der Waals surface area contributed by atoms with Gasteiger partial charge in [-0.2, -0.15) is 0 Å². The number of thiophene rings is 1. The van der Waals surface area contributed by atoms with Gasteiger partial charge < -0.3 is 24.2 Å². The molecule has 2 fully saturated rings. The van der Waals surface area contributed by atoms with Crippen molar-refractivity contribution in [2.45, 2.75) is 26.4 Å². The molecule has 0 radical (unpaired) electrons. The van der Waals surface area contributed by atoms with Gasteiger partial charge in [0.05, 0.1) is 28.4 Å². The van der Waals surface area contributed by atoms with Crippen LogP contribution in [0.2, 0.25) is 0 Å². The first kappa shape index (κ1) is 19.2. The number of morpholine rings is 1. The molecule has 4 heterocycles. The third kappa shape index (κ3) is 4.15. The van der Waals surface area contributed by atoms with Crippen LogP contribution in [0.15, 0.2) is 12.4 Å². The molecule has 28 heavy (non-hydrogen) atoms. The van der Waals surface area contributed by atoms with Gasteiger partial charge in [-0.3, -0.25) is 0 Å². The Morgan fingerprint density at radius 2 is 1.79 bits per heavy atom. The molecule has 2 aromatic heterocycles. The van der Waals surface area contributed by atoms with Crippen LogP contribution in [0, 0.1) is 0 Å². The van der Waals surface area contributed by atoms with Gasteiger partial charge in [0, 0.05) is 39.3 Å². The lowest BCUT2D eigenvalue weighted by Gasteiger charge is -2.36. The maximum Gasteiger partial charge on any atom is 0.410 e. The summed E-state index contributed by atoms with van der Waals surface area (Å²) in [6.45, 7) is 11.7. The van der Waals surface area contributed by atoms with E-state index in [0.717, 1.165) is 55.4 Å². The van der Waals surface area contributed by atoms with Crippen molar-refractivity contribution in [2.24, 2.45) is 0 Å². The summed E-state index contributed by atoms with van der Waals surface area (Å²) in [4.78, 5) is 27.7. The molecule has 2 aliphatic rings. The molecule has 0 bridgehead atoms. The summed E-state index contributed by atoms with van der Waals surface area (Å²) >= 11 is 1.74. The third-order valence-corrected chi connectivity index (χ3v) is 6.01. The van der Waals surface area contributed by atoms with E-state index >= 15 is 0 Å². The van der Waals surface area contributed by atoms with Crippen molar-refractivity contribution in [3.05, 3.63) is 12.4 Å². The molecule has 0 atom stereocenters. The van der Waals surface area contributed by atoms with Crippen LogP contribution in [-0.4, -0.2) is 79.0 Å². The first-order valence-corrected chi connectivity index (χ1v) is 10.5. The molecule has 2 saturated heterocycles. The van der Waals surface area contributed by atoms with E-state index in [2.05, 4.69) is 25.8 Å². The Morgan fingerprint density at radius 3 is 2.46 bits per heavy atom. The van der Waals surface area contributed by atoms with Crippen molar-refractivity contribution in [1.82, 2.24) is 14.9 Å². The van der Waals surface area contributed by atoms with Crippen LogP contribution in [0.1, 0.15) is 20.8 Å². The highest BCUT2D eigenvalue weighted by molar-refractivity contribution is 7.23. The van der Waals surface area contributed by atoms with Crippen LogP contribution in [0.25, 0.3) is 10.2 Å². The lowest BCUT2D eigenvalue weighted by molar-refractivity contribution is 0.0240. The Morgan fingerprint density at radius 1 is 1.07 bits per heavy atom. The normalized spacial score (nSPS) is 18.6. The second-order valence-electron chi connectivity index (χ2n) is 8.05. The Hall–Kier alpha value is -2.13. The van der Waals surface area contributed by atoms with Crippen molar-refractivity contribution in [3.63, 3.8) is 0 Å². The van der Waals surface area contributed by atoms with Crippen LogP contribution in [0.3, 0.4) is 0 Å². The topological polar surface area (TPSA) is 71.0 Å². The minimum Gasteiger partial charge on any atom is -0.444 e. The average Bonchev–Trinajstić information content (AvgIpc) is 3.12. The third-order valence-electron chi connectivity index (χ3n) is 4.83. The number of hydrogen-bond acceptors (Lipinski definition) is 8. The molecule has 8 nitrogen and oxygen atoms in total. The molecular formula is C19H27N5O3S. The number of carbonyl (C=O) groups excluding carboxylic acids is 1. The molecule has 1 amide bonds. The number of carbonyl (C=O) groups is 1. The molecule has 0 N–H and O–H groups in total. The summed E-state index contributed by atoms with van der Waals surface area (Å²) in [7, 11) is 0. The van der Waals surface area contributed by atoms with E-state index in [1.807, 2.05) is 20.8 Å². The van der Waals surface area contributed by atoms with Gasteiger partial charge in [0.1, 0.15) is 17.7 Å². The monoisotopic (exact) mass is 405 g/mol. The number of ether oxygens (including phenoxy) is 2. The number of amides is 1. The van der Waals surface area contributed by atoms with Crippen LogP contribution >= 0.6 is 11.3 Å². The Kier molecular flexibility index (Phi) is 5.29. The molecule has 0 saturated carbocycles. The van der Waals surface area contributed by atoms with Gasteiger partial charge in [-0.05, 0) is 26.8 Å². The van der Waals surface area contributed by atoms with Crippen molar-refractivity contribution < 1.29 is 14.3 Å². The van der Waals surface area contributed by atoms with Crippen molar-refractivity contribution in [2.75, 3.05) is 62.3 Å². The Bertz CT molecular complexity index is 836. The standard InChI is InChI=1S/C19H27N5O3S/c1-19(2,3)27-18(25)24-6-4-23(5-7-24)17-16-14(20-13-21-17)12-15(28-16)22-8-10-26-11-9-22/h12-13H,4-11H2,1-3H3. The molecule has 0 aromatic carbocycles. The fourth-order valence-corrected chi connectivity index (χ4v) is 4.60. The minimum absolute atomic E-state index is 0.245. The number of nitrogens with zero attached hydrogens (tertiary/aromatic N) is 5. The summed E-state index contributed by atoms with van der Waals surface area (Å²) in [5, 5.41) is 1.22. The summed E-state index contributed by atoms with van der Waals surface area (Å²) in [6, 6.07) is 2.15. The van der Waals surface area contributed by atoms with E-state index in [4.69, 9.17) is 9.47 Å². The van der Waals surface area contributed by atoms with Gasteiger partial charge in [-0.15, -0.1) is 11.3 Å². The quantitative estimate of drug-likeness (QED) is 0.760. The van der Waals surface area contributed by atoms with Crippen molar-refractivity contribution in [1.29, 1.82) is 0 Å². The molecule has 152 valence electrons. The summed E-state index contributed by atoms with van der Waals surface area (Å²) in [5.74, 6) is 0.957. The molecule has 9 heteroatoms. The molecule has 0 spiro atoms. The lowest BCUT2D eigenvalue weighted by Crippen LogP contribution is -2.50. The molecule has 0 unspecified atom stereocenters. The zero-order valence-corrected chi connectivity index (χ0v) is 17.5. The first-order valence-electron chi connectivity index (χ1n) is 9.71. The van der Waals surface area contributed by atoms with Crippen molar-refractivity contribution in [3.8, 4) is 0 Å². The highest BCUT2D eigenvalue weighted by Crippen LogP contribution is 2.36. The number of hydrogen-bond donors (Lipinski definition) is 0. The maximum atomic E-state index is 12.3. The largest absolute Gasteiger partial charge is 0.444 e. The molecule has 2 aliphatic heterocycles. The van der Waals surface area contributed by atoms with Crippen LogP contribution in [0.5, 0.6) is 0 Å². The van der Waals surface area contributed by atoms with E-state index in [9.17, 15) is 4.79 Å². The molecule has 2 aromatic rings. The van der Waals surface area contributed by atoms with Gasteiger partial charge in [0.15, 0.2) is 0 Å². The van der Waals surface area contributed by atoms with Crippen LogP contribution < -0.4 is 9.80 Å². The maximum absolute atomic E-state index is 12.3. The van der Waals surface area contributed by atoms with Gasteiger partial charge in [0.2, 0.25) is 0 Å². The van der Waals surface area contributed by atoms with Gasteiger partial charge in [-0.25, -0.2) is 14.8 Å². The number of fused-ring (bicyclic) bond motifs is 1. The van der Waals surface area contributed by atoms with Crippen molar-refractivity contribution >= 4 is 38.5 Å². The van der Waals surface area contributed by atoms with Crippen LogP contribution in [-0.2, 0) is 9.47 Å². The number of piperazine rings is 1. The van der Waals surface area contributed by atoms with Gasteiger partial charge in [-0.1, -0.05) is 0 Å². The summed E-state index contributed by atoms with van der Waals surface area (Å²) in [5.41, 5.74) is 0.506. The molecule has 4 rings (SSSR count). The van der Waals surface area contributed by atoms with E-state index in [1.165, 1.54) is 5.00 Å². The Balaban J connectivity index is 1.47. The zero-order valence-electron chi connectivity index (χ0n) is 16.7. The lowest BCUT2D eigenvalue weighted by atomic mass is 10.2. The predicted octanol–water partition coefficient (Wildman–Crippen LogP) is 2.59. The summed E-state index contributed by atoms with van der Waals surface area (Å²) < 4.78 is 12.1. The smallest absolute Gasteiger partial charge is 0.410 e. The molecular weight excluding hydrogens is 378 g/mol. The fraction of sp³-hybridized carbons (Fsp3) is 0.632. The van der Waals surface area contributed by atoms with E-state index in [0.29, 0.717) is 13.1 Å². The first-order chi connectivity index (χ1) is 13.4. The van der Waals surface area contributed by atoms with Gasteiger partial charge in [0.25, 0.3) is 0 Å². The van der Waals surface area contributed by atoms with E-state index in [1.54, 1.807) is 22.6 Å². The highest BCUT2D eigenvalue weighted by Gasteiger charge is 2.27. The van der Waals surface area contributed by atoms with Gasteiger partial charge >= 0.3 is 6.09 Å². The number of aromatic nitrogens is 2. The zero-order chi connectivity index (χ0) is 19.7. The summed E-state index contributed by atoms with van der Waals surface area (Å²) in [6.07, 6.45) is 1.39. The second kappa shape index (κ2) is 7.71. The average molecular weight is 406 g/mol. The van der Waals surface area contributed by atoms with E-state index < -0.39 is 5.60 Å². The second-order valence-corrected chi connectivity index (χ2v) is 9.08. The minimum atomic E-state index is -0.472. The fourth-order valence-electron chi connectivity index (χ4n) is 3.42. The number of rotatable bonds is 2. The van der Waals surface area contributed by atoms with E-state index in [-0.39, 0.29) is 6.09 Å². The molecule has 0 aliphatic carbocycles. The Labute approximate surface area is 169 Å². The predicted molar refractivity (Wildman–Crippen MR) is 110 cm³/mol.